The van der Waals surface area contributed by atoms with Crippen LogP contribution in [0.5, 0.6) is 11.5 Å². The van der Waals surface area contributed by atoms with Gasteiger partial charge in [0.2, 0.25) is 0 Å². The minimum Gasteiger partial charge on any atom is -0.493 e. The molecule has 0 spiro atoms. The maximum Gasteiger partial charge on any atom is 0.311 e. The standard InChI is InChI=1S/C18H21N3O5/c1-18(17(23)24)6-7-21(10-18)16(22)13-9-12(19-20-13)11-4-5-14(25-2)15(8-11)26-3/h4-5,8-9H,6-7,10H2,1-3H3,(H,19,20)(H,23,24). The lowest BCUT2D eigenvalue weighted by Gasteiger charge is -2.19. The highest BCUT2D eigenvalue weighted by molar-refractivity contribution is 5.94. The summed E-state index contributed by atoms with van der Waals surface area (Å²) >= 11 is 0. The van der Waals surface area contributed by atoms with Gasteiger partial charge in [-0.15, -0.1) is 0 Å². The van der Waals surface area contributed by atoms with E-state index in [0.29, 0.717) is 35.9 Å². The maximum absolute atomic E-state index is 12.6. The van der Waals surface area contributed by atoms with E-state index in [-0.39, 0.29) is 12.5 Å². The molecule has 1 aromatic carbocycles. The second kappa shape index (κ2) is 6.70. The number of amides is 1. The monoisotopic (exact) mass is 359 g/mol. The Balaban J connectivity index is 1.80. The number of aliphatic carboxylic acids is 1. The van der Waals surface area contributed by atoms with Gasteiger partial charge >= 0.3 is 5.97 Å². The molecule has 2 heterocycles. The fraction of sp³-hybridized carbons (Fsp3) is 0.389. The van der Waals surface area contributed by atoms with E-state index in [9.17, 15) is 14.7 Å². The molecule has 2 aromatic rings. The molecule has 1 atom stereocenters. The predicted octanol–water partition coefficient (Wildman–Crippen LogP) is 2.03. The number of ether oxygens (including phenoxy) is 2. The van der Waals surface area contributed by atoms with Crippen LogP contribution in [0.2, 0.25) is 0 Å². The van der Waals surface area contributed by atoms with Gasteiger partial charge in [0.15, 0.2) is 11.5 Å². The number of carboxylic acid groups (broad SMARTS) is 1. The van der Waals surface area contributed by atoms with Gasteiger partial charge in [0.05, 0.1) is 25.3 Å². The molecule has 0 aliphatic carbocycles. The highest BCUT2D eigenvalue weighted by Crippen LogP contribution is 2.33. The number of H-pyrrole nitrogens is 1. The zero-order valence-electron chi connectivity index (χ0n) is 14.9. The summed E-state index contributed by atoms with van der Waals surface area (Å²) in [4.78, 5) is 25.5. The number of hydrogen-bond acceptors (Lipinski definition) is 5. The van der Waals surface area contributed by atoms with Gasteiger partial charge in [0.1, 0.15) is 5.69 Å². The van der Waals surface area contributed by atoms with E-state index in [1.807, 2.05) is 6.07 Å². The molecule has 138 valence electrons. The Morgan fingerprint density at radius 2 is 1.96 bits per heavy atom. The number of methoxy groups -OCH3 is 2. The zero-order valence-corrected chi connectivity index (χ0v) is 14.9. The number of likely N-dealkylation sites (tertiary alicyclic amines) is 1. The third-order valence-electron chi connectivity index (χ3n) is 4.76. The quantitative estimate of drug-likeness (QED) is 0.846. The van der Waals surface area contributed by atoms with Gasteiger partial charge in [-0.3, -0.25) is 14.7 Å². The average molecular weight is 359 g/mol. The number of aromatic nitrogens is 2. The molecule has 3 rings (SSSR count). The Labute approximate surface area is 150 Å². The van der Waals surface area contributed by atoms with Crippen molar-refractivity contribution in [3.8, 4) is 22.8 Å². The number of benzene rings is 1. The van der Waals surface area contributed by atoms with E-state index in [4.69, 9.17) is 9.47 Å². The first kappa shape index (κ1) is 17.8. The van der Waals surface area contributed by atoms with Gasteiger partial charge in [-0.2, -0.15) is 5.10 Å². The lowest BCUT2D eigenvalue weighted by molar-refractivity contribution is -0.147. The first-order chi connectivity index (χ1) is 12.4. The number of rotatable bonds is 5. The second-order valence-corrected chi connectivity index (χ2v) is 6.58. The first-order valence-electron chi connectivity index (χ1n) is 8.18. The van der Waals surface area contributed by atoms with Gasteiger partial charge in [-0.1, -0.05) is 0 Å². The Morgan fingerprint density at radius 3 is 2.58 bits per heavy atom. The lowest BCUT2D eigenvalue weighted by atomic mass is 9.90. The molecular formula is C18H21N3O5. The summed E-state index contributed by atoms with van der Waals surface area (Å²) in [7, 11) is 3.11. The van der Waals surface area contributed by atoms with Crippen LogP contribution in [0.15, 0.2) is 24.3 Å². The smallest absolute Gasteiger partial charge is 0.311 e. The SMILES string of the molecule is COc1ccc(-c2cc(C(=O)N3CCC(C)(C(=O)O)C3)[nH]n2)cc1OC. The molecule has 1 aliphatic rings. The Morgan fingerprint density at radius 1 is 1.23 bits per heavy atom. The van der Waals surface area contributed by atoms with Crippen molar-refractivity contribution in [2.75, 3.05) is 27.3 Å². The predicted molar refractivity (Wildman–Crippen MR) is 93.4 cm³/mol. The van der Waals surface area contributed by atoms with Crippen molar-refractivity contribution in [2.24, 2.45) is 5.41 Å². The number of carbonyl (C=O) groups excluding carboxylic acids is 1. The minimum absolute atomic E-state index is 0.186. The molecule has 0 saturated carbocycles. The number of nitrogens with one attached hydrogen (secondary N) is 1. The van der Waals surface area contributed by atoms with E-state index in [2.05, 4.69) is 10.2 Å². The van der Waals surface area contributed by atoms with Gasteiger partial charge < -0.3 is 19.5 Å². The molecule has 1 aromatic heterocycles. The van der Waals surface area contributed by atoms with E-state index in [1.165, 1.54) is 0 Å². The van der Waals surface area contributed by atoms with Crippen molar-refractivity contribution in [3.05, 3.63) is 30.0 Å². The largest absolute Gasteiger partial charge is 0.493 e. The highest BCUT2D eigenvalue weighted by Gasteiger charge is 2.42. The normalized spacial score (nSPS) is 19.4. The number of aromatic amines is 1. The van der Waals surface area contributed by atoms with Crippen molar-refractivity contribution in [3.63, 3.8) is 0 Å². The van der Waals surface area contributed by atoms with Crippen LogP contribution in [-0.4, -0.2) is 59.4 Å². The molecule has 1 amide bonds. The fourth-order valence-electron chi connectivity index (χ4n) is 3.05. The van der Waals surface area contributed by atoms with Crippen LogP contribution in [0.4, 0.5) is 0 Å². The fourth-order valence-corrected chi connectivity index (χ4v) is 3.05. The van der Waals surface area contributed by atoms with Gasteiger partial charge in [-0.05, 0) is 37.6 Å². The lowest BCUT2D eigenvalue weighted by Crippen LogP contribution is -2.35. The summed E-state index contributed by atoms with van der Waals surface area (Å²) in [6.07, 6.45) is 0.435. The van der Waals surface area contributed by atoms with Crippen LogP contribution in [0.25, 0.3) is 11.3 Å². The Kier molecular flexibility index (Phi) is 4.58. The van der Waals surface area contributed by atoms with Crippen molar-refractivity contribution < 1.29 is 24.2 Å². The van der Waals surface area contributed by atoms with Crippen molar-refractivity contribution in [2.45, 2.75) is 13.3 Å². The van der Waals surface area contributed by atoms with Crippen molar-refractivity contribution in [1.29, 1.82) is 0 Å². The van der Waals surface area contributed by atoms with Crippen LogP contribution < -0.4 is 9.47 Å². The van der Waals surface area contributed by atoms with Crippen LogP contribution in [0, 0.1) is 5.41 Å². The topological polar surface area (TPSA) is 105 Å². The Bertz CT molecular complexity index is 847. The summed E-state index contributed by atoms with van der Waals surface area (Å²) in [5.74, 6) is 0.0309. The van der Waals surface area contributed by atoms with E-state index >= 15 is 0 Å². The van der Waals surface area contributed by atoms with E-state index in [1.54, 1.807) is 44.2 Å². The molecule has 0 bridgehead atoms. The molecule has 1 saturated heterocycles. The molecule has 1 unspecified atom stereocenters. The molecule has 1 aliphatic heterocycles. The molecule has 1 fully saturated rings. The number of carboxylic acids is 1. The number of nitrogens with zero attached hydrogens (tertiary/aromatic N) is 2. The maximum atomic E-state index is 12.6. The van der Waals surface area contributed by atoms with E-state index in [0.717, 1.165) is 5.56 Å². The Hall–Kier alpha value is -3.03. The third kappa shape index (κ3) is 3.10. The van der Waals surface area contributed by atoms with E-state index < -0.39 is 11.4 Å². The molecule has 8 nitrogen and oxygen atoms in total. The second-order valence-electron chi connectivity index (χ2n) is 6.58. The first-order valence-corrected chi connectivity index (χ1v) is 8.18. The summed E-state index contributed by atoms with van der Waals surface area (Å²) in [5.41, 5.74) is 0.788. The van der Waals surface area contributed by atoms with Crippen molar-refractivity contribution in [1.82, 2.24) is 15.1 Å². The van der Waals surface area contributed by atoms with Gasteiger partial charge in [-0.25, -0.2) is 0 Å². The highest BCUT2D eigenvalue weighted by atomic mass is 16.5. The molecule has 8 heteroatoms. The molecule has 2 N–H and O–H groups in total. The summed E-state index contributed by atoms with van der Waals surface area (Å²) in [6.45, 7) is 2.25. The van der Waals surface area contributed by atoms with Crippen LogP contribution in [-0.2, 0) is 4.79 Å². The minimum atomic E-state index is -0.901. The molecular weight excluding hydrogens is 338 g/mol. The van der Waals surface area contributed by atoms with Crippen LogP contribution in [0.1, 0.15) is 23.8 Å². The molecule has 26 heavy (non-hydrogen) atoms. The molecule has 0 radical (unpaired) electrons. The van der Waals surface area contributed by atoms with Crippen LogP contribution in [0.3, 0.4) is 0 Å². The summed E-state index contributed by atoms with van der Waals surface area (Å²) in [6, 6.07) is 7.02. The third-order valence-corrected chi connectivity index (χ3v) is 4.76. The number of carbonyl (C=O) groups is 2. The van der Waals surface area contributed by atoms with Gasteiger partial charge in [0.25, 0.3) is 5.91 Å². The average Bonchev–Trinajstić information content (AvgIpc) is 3.28. The van der Waals surface area contributed by atoms with Gasteiger partial charge in [0, 0.05) is 18.7 Å². The number of hydrogen-bond donors (Lipinski definition) is 2. The zero-order chi connectivity index (χ0) is 18.9. The summed E-state index contributed by atoms with van der Waals surface area (Å²) in [5, 5.41) is 16.2. The summed E-state index contributed by atoms with van der Waals surface area (Å²) < 4.78 is 10.5. The van der Waals surface area contributed by atoms with Crippen LogP contribution >= 0.6 is 0 Å². The van der Waals surface area contributed by atoms with Crippen molar-refractivity contribution >= 4 is 11.9 Å².